The van der Waals surface area contributed by atoms with Gasteiger partial charge in [0.05, 0.1) is 12.4 Å². The van der Waals surface area contributed by atoms with Gasteiger partial charge in [-0.05, 0) is 48.1 Å². The van der Waals surface area contributed by atoms with Crippen LogP contribution in [0, 0.1) is 11.8 Å². The van der Waals surface area contributed by atoms with Gasteiger partial charge in [0.2, 0.25) is 0 Å². The molecular weight excluding hydrogens is 320 g/mol. The molecular formula is C19H22N2O4. The molecule has 3 aliphatic rings. The van der Waals surface area contributed by atoms with Crippen molar-refractivity contribution in [1.82, 2.24) is 5.32 Å². The van der Waals surface area contributed by atoms with Gasteiger partial charge in [0, 0.05) is 18.7 Å². The second kappa shape index (κ2) is 7.51. The molecule has 1 unspecified atom stereocenters. The molecule has 0 bridgehead atoms. The van der Waals surface area contributed by atoms with Crippen molar-refractivity contribution >= 4 is 18.3 Å². The molecule has 4 atom stereocenters. The Hall–Kier alpha value is -2.63. The first-order chi connectivity index (χ1) is 12.1. The Bertz CT molecular complexity index is 697. The number of hydrogen-bond donors (Lipinski definition) is 3. The lowest BCUT2D eigenvalue weighted by Crippen LogP contribution is -2.16. The Morgan fingerprint density at radius 3 is 2.56 bits per heavy atom. The quantitative estimate of drug-likeness (QED) is 0.728. The summed E-state index contributed by atoms with van der Waals surface area (Å²) in [5, 5.41) is 18.8. The normalized spacial score (nSPS) is 28.3. The zero-order valence-electron chi connectivity index (χ0n) is 13.8. The summed E-state index contributed by atoms with van der Waals surface area (Å²) in [6.07, 6.45) is 6.97. The number of aliphatic imine (C=N–C) groups is 1. The van der Waals surface area contributed by atoms with E-state index in [1.807, 2.05) is 6.34 Å². The molecule has 1 aromatic carbocycles. The van der Waals surface area contributed by atoms with E-state index in [0.29, 0.717) is 18.2 Å². The zero-order chi connectivity index (χ0) is 17.8. The summed E-state index contributed by atoms with van der Waals surface area (Å²) in [7, 11) is 0. The van der Waals surface area contributed by atoms with Crippen molar-refractivity contribution in [2.45, 2.75) is 31.2 Å². The molecule has 3 N–H and O–H groups in total. The fourth-order valence-corrected chi connectivity index (χ4v) is 4.03. The first-order valence-corrected chi connectivity index (χ1v) is 8.53. The van der Waals surface area contributed by atoms with Gasteiger partial charge in [0.25, 0.3) is 0 Å². The first-order valence-electron chi connectivity index (χ1n) is 8.53. The summed E-state index contributed by atoms with van der Waals surface area (Å²) in [5.41, 5.74) is 3.24. The Balaban J connectivity index is 0.000000197. The Morgan fingerprint density at radius 2 is 1.92 bits per heavy atom. The lowest BCUT2D eigenvalue weighted by Gasteiger charge is -2.13. The zero-order valence-corrected chi connectivity index (χ0v) is 13.8. The standard InChI is InChI=1S/C15H18N2.C4H4O4/c1-2-4-12-10(3-1)5-6-13-14(15(12)13)7-11-8-16-9-17-11;5-3(6)1-2-4(7)8/h1-4,9,11,13-15H,5-8H2,(H,16,17);1-2H,(H,5,6)(H,7,8)/t11-,13-,14?,15-;/m1./s1. The van der Waals surface area contributed by atoms with E-state index in [1.54, 1.807) is 11.1 Å². The number of rotatable bonds is 4. The third-order valence-electron chi connectivity index (χ3n) is 5.14. The van der Waals surface area contributed by atoms with Gasteiger partial charge in [-0.3, -0.25) is 4.99 Å². The monoisotopic (exact) mass is 342 g/mol. The Morgan fingerprint density at radius 1 is 1.20 bits per heavy atom. The third kappa shape index (κ3) is 4.26. The maximum atomic E-state index is 9.55. The van der Waals surface area contributed by atoms with Gasteiger partial charge in [-0.15, -0.1) is 0 Å². The van der Waals surface area contributed by atoms with Crippen LogP contribution >= 0.6 is 0 Å². The van der Waals surface area contributed by atoms with Gasteiger partial charge in [0.1, 0.15) is 0 Å². The summed E-state index contributed by atoms with van der Waals surface area (Å²) in [6, 6.07) is 9.59. The lowest BCUT2D eigenvalue weighted by atomic mass is 9.92. The van der Waals surface area contributed by atoms with Crippen LogP contribution in [0.3, 0.4) is 0 Å². The predicted molar refractivity (Wildman–Crippen MR) is 93.8 cm³/mol. The van der Waals surface area contributed by atoms with E-state index in [4.69, 9.17) is 10.2 Å². The van der Waals surface area contributed by atoms with E-state index in [0.717, 1.165) is 24.3 Å². The van der Waals surface area contributed by atoms with Crippen molar-refractivity contribution in [2.24, 2.45) is 16.8 Å². The molecule has 0 saturated heterocycles. The van der Waals surface area contributed by atoms with E-state index in [9.17, 15) is 9.59 Å². The largest absolute Gasteiger partial charge is 0.478 e. The van der Waals surface area contributed by atoms with Crippen molar-refractivity contribution in [1.29, 1.82) is 0 Å². The molecule has 132 valence electrons. The molecule has 1 aliphatic heterocycles. The molecule has 0 amide bonds. The second-order valence-electron chi connectivity index (χ2n) is 6.68. The molecule has 4 rings (SSSR count). The number of benzene rings is 1. The first kappa shape index (κ1) is 17.2. The van der Waals surface area contributed by atoms with E-state index in [-0.39, 0.29) is 0 Å². The fourth-order valence-electron chi connectivity index (χ4n) is 4.03. The number of nitrogens with zero attached hydrogens (tertiary/aromatic N) is 1. The molecule has 6 nitrogen and oxygen atoms in total. The summed E-state index contributed by atoms with van der Waals surface area (Å²) in [6.45, 7) is 1.05. The number of carbonyl (C=O) groups is 2. The lowest BCUT2D eigenvalue weighted by molar-refractivity contribution is -0.134. The van der Waals surface area contributed by atoms with Crippen LogP contribution < -0.4 is 5.32 Å². The molecule has 1 fully saturated rings. The van der Waals surface area contributed by atoms with Crippen molar-refractivity contribution in [3.05, 3.63) is 47.5 Å². The van der Waals surface area contributed by atoms with Crippen molar-refractivity contribution in [3.63, 3.8) is 0 Å². The number of aryl methyl sites for hydroxylation is 1. The average molecular weight is 342 g/mol. The van der Waals surface area contributed by atoms with E-state index >= 15 is 0 Å². The van der Waals surface area contributed by atoms with Crippen LogP contribution in [0.25, 0.3) is 0 Å². The minimum atomic E-state index is -1.26. The average Bonchev–Trinajstić information content (AvgIpc) is 3.04. The molecule has 1 aromatic rings. The summed E-state index contributed by atoms with van der Waals surface area (Å²) in [5.74, 6) is 0.206. The molecule has 6 heteroatoms. The van der Waals surface area contributed by atoms with Crippen molar-refractivity contribution in [3.8, 4) is 0 Å². The number of fused-ring (bicyclic) bond motifs is 3. The fraction of sp³-hybridized carbons (Fsp3) is 0.421. The molecule has 2 aliphatic carbocycles. The topological polar surface area (TPSA) is 99.0 Å². The van der Waals surface area contributed by atoms with Crippen molar-refractivity contribution in [2.75, 3.05) is 6.54 Å². The molecule has 1 heterocycles. The van der Waals surface area contributed by atoms with Crippen LogP contribution in [-0.2, 0) is 16.0 Å². The maximum Gasteiger partial charge on any atom is 0.328 e. The molecule has 0 radical (unpaired) electrons. The molecule has 0 spiro atoms. The summed E-state index contributed by atoms with van der Waals surface area (Å²) < 4.78 is 0. The van der Waals surface area contributed by atoms with E-state index < -0.39 is 11.9 Å². The van der Waals surface area contributed by atoms with Crippen molar-refractivity contribution < 1.29 is 19.8 Å². The SMILES string of the molecule is C1=N[C@H](CC2[C@H]3CCc4ccccc4[C@@H]23)CN1.O=C(O)C=CC(=O)O. The van der Waals surface area contributed by atoms with Gasteiger partial charge in [-0.1, -0.05) is 24.3 Å². The Kier molecular flexibility index (Phi) is 5.16. The number of carboxylic acids is 2. The number of hydrogen-bond acceptors (Lipinski definition) is 4. The minimum Gasteiger partial charge on any atom is -0.478 e. The van der Waals surface area contributed by atoms with Gasteiger partial charge in [0.15, 0.2) is 0 Å². The smallest absolute Gasteiger partial charge is 0.328 e. The minimum absolute atomic E-state index is 0.540. The molecule has 1 saturated carbocycles. The number of nitrogens with one attached hydrogen (secondary N) is 1. The van der Waals surface area contributed by atoms with Gasteiger partial charge >= 0.3 is 11.9 Å². The maximum absolute atomic E-state index is 9.55. The highest BCUT2D eigenvalue weighted by atomic mass is 16.4. The van der Waals surface area contributed by atoms with Crippen LogP contribution in [-0.4, -0.2) is 41.1 Å². The number of carboxylic acid groups (broad SMARTS) is 2. The van der Waals surface area contributed by atoms with Crippen LogP contribution in [0.1, 0.15) is 29.9 Å². The summed E-state index contributed by atoms with van der Waals surface area (Å²) in [4.78, 5) is 23.6. The van der Waals surface area contributed by atoms with E-state index in [1.165, 1.54) is 19.3 Å². The van der Waals surface area contributed by atoms with E-state index in [2.05, 4.69) is 34.6 Å². The van der Waals surface area contributed by atoms with Crippen LogP contribution in [0.15, 0.2) is 41.4 Å². The Labute approximate surface area is 146 Å². The second-order valence-corrected chi connectivity index (χ2v) is 6.68. The predicted octanol–water partition coefficient (Wildman–Crippen LogP) is 2.06. The van der Waals surface area contributed by atoms with Crippen LogP contribution in [0.4, 0.5) is 0 Å². The van der Waals surface area contributed by atoms with Gasteiger partial charge in [-0.25, -0.2) is 9.59 Å². The highest BCUT2D eigenvalue weighted by Gasteiger charge is 2.53. The number of aliphatic carboxylic acids is 2. The van der Waals surface area contributed by atoms with Crippen LogP contribution in [0.5, 0.6) is 0 Å². The van der Waals surface area contributed by atoms with Crippen LogP contribution in [0.2, 0.25) is 0 Å². The highest BCUT2D eigenvalue weighted by Crippen LogP contribution is 2.61. The summed E-state index contributed by atoms with van der Waals surface area (Å²) >= 11 is 0. The van der Waals surface area contributed by atoms with Gasteiger partial charge < -0.3 is 15.5 Å². The molecule has 0 aromatic heterocycles. The highest BCUT2D eigenvalue weighted by molar-refractivity contribution is 5.89. The molecule has 25 heavy (non-hydrogen) atoms. The third-order valence-corrected chi connectivity index (χ3v) is 5.14. The van der Waals surface area contributed by atoms with Gasteiger partial charge in [-0.2, -0.15) is 0 Å².